The third kappa shape index (κ3) is 5.32. The summed E-state index contributed by atoms with van der Waals surface area (Å²) < 4.78 is 10.8. The third-order valence-corrected chi connectivity index (χ3v) is 4.38. The molecular formula is C19H20BrNO4. The van der Waals surface area contributed by atoms with Crippen LogP contribution in [0.1, 0.15) is 21.5 Å². The zero-order valence-electron chi connectivity index (χ0n) is 14.4. The van der Waals surface area contributed by atoms with Gasteiger partial charge in [-0.25, -0.2) is 4.79 Å². The monoisotopic (exact) mass is 405 g/mol. The van der Waals surface area contributed by atoms with Crippen LogP contribution in [-0.4, -0.2) is 37.5 Å². The van der Waals surface area contributed by atoms with Crippen molar-refractivity contribution in [3.63, 3.8) is 0 Å². The van der Waals surface area contributed by atoms with E-state index in [2.05, 4.69) is 15.9 Å². The number of likely N-dealkylation sites (N-methyl/N-ethyl adjacent to an activating group) is 1. The molecule has 0 radical (unpaired) electrons. The van der Waals surface area contributed by atoms with Gasteiger partial charge in [0.05, 0.1) is 12.7 Å². The fraction of sp³-hybridized carbons (Fsp3) is 0.263. The minimum atomic E-state index is -0.581. The van der Waals surface area contributed by atoms with Crippen molar-refractivity contribution in [3.05, 3.63) is 63.6 Å². The number of carbonyl (C=O) groups excluding carboxylic acids is 2. The number of aryl methyl sites for hydroxylation is 1. The molecule has 0 aromatic heterocycles. The summed E-state index contributed by atoms with van der Waals surface area (Å²) in [4.78, 5) is 25.9. The fourth-order valence-corrected chi connectivity index (χ4v) is 2.57. The topological polar surface area (TPSA) is 55.8 Å². The lowest BCUT2D eigenvalue weighted by atomic mass is 10.1. The number of amides is 1. The number of ether oxygens (including phenoxy) is 2. The van der Waals surface area contributed by atoms with Gasteiger partial charge in [-0.2, -0.15) is 0 Å². The lowest BCUT2D eigenvalue weighted by Crippen LogP contribution is -2.30. The Labute approximate surface area is 155 Å². The van der Waals surface area contributed by atoms with E-state index in [0.29, 0.717) is 22.3 Å². The molecule has 0 aliphatic carbocycles. The van der Waals surface area contributed by atoms with Crippen LogP contribution in [0, 0.1) is 6.92 Å². The van der Waals surface area contributed by atoms with Gasteiger partial charge in [0.15, 0.2) is 6.61 Å². The van der Waals surface area contributed by atoms with Crippen molar-refractivity contribution in [3.8, 4) is 5.75 Å². The summed E-state index contributed by atoms with van der Waals surface area (Å²) in [6.45, 7) is 2.15. The van der Waals surface area contributed by atoms with Gasteiger partial charge < -0.3 is 14.4 Å². The first kappa shape index (κ1) is 19.0. The zero-order chi connectivity index (χ0) is 18.4. The SMILES string of the molecule is COc1ccc(Br)c(C(=O)OCC(=O)N(C)Cc2ccc(C)cc2)c1. The van der Waals surface area contributed by atoms with Crippen molar-refractivity contribution in [2.24, 2.45) is 0 Å². The van der Waals surface area contributed by atoms with Gasteiger partial charge in [0.1, 0.15) is 5.75 Å². The van der Waals surface area contributed by atoms with Gasteiger partial charge in [-0.15, -0.1) is 0 Å². The van der Waals surface area contributed by atoms with Crippen LogP contribution >= 0.6 is 15.9 Å². The molecule has 25 heavy (non-hydrogen) atoms. The molecule has 5 nitrogen and oxygen atoms in total. The first-order valence-corrected chi connectivity index (χ1v) is 8.50. The van der Waals surface area contributed by atoms with E-state index in [9.17, 15) is 9.59 Å². The van der Waals surface area contributed by atoms with Crippen LogP contribution in [0.25, 0.3) is 0 Å². The number of hydrogen-bond acceptors (Lipinski definition) is 4. The van der Waals surface area contributed by atoms with Crippen LogP contribution < -0.4 is 4.74 Å². The number of carbonyl (C=O) groups is 2. The maximum atomic E-state index is 12.2. The highest BCUT2D eigenvalue weighted by molar-refractivity contribution is 9.10. The van der Waals surface area contributed by atoms with Crippen LogP contribution in [0.2, 0.25) is 0 Å². The summed E-state index contributed by atoms with van der Waals surface area (Å²) >= 11 is 3.29. The van der Waals surface area contributed by atoms with E-state index < -0.39 is 5.97 Å². The maximum absolute atomic E-state index is 12.2. The second-order valence-electron chi connectivity index (χ2n) is 5.66. The molecule has 0 saturated carbocycles. The summed E-state index contributed by atoms with van der Waals surface area (Å²) in [5, 5.41) is 0. The fourth-order valence-electron chi connectivity index (χ4n) is 2.16. The minimum Gasteiger partial charge on any atom is -0.497 e. The molecule has 1 amide bonds. The number of halogens is 1. The van der Waals surface area contributed by atoms with Gasteiger partial charge in [0.2, 0.25) is 0 Å². The first-order chi connectivity index (χ1) is 11.9. The van der Waals surface area contributed by atoms with E-state index in [0.717, 1.165) is 11.1 Å². The number of methoxy groups -OCH3 is 1. The van der Waals surface area contributed by atoms with Crippen molar-refractivity contribution in [2.75, 3.05) is 20.8 Å². The summed E-state index contributed by atoms with van der Waals surface area (Å²) in [6.07, 6.45) is 0. The Balaban J connectivity index is 1.92. The van der Waals surface area contributed by atoms with Crippen molar-refractivity contribution in [2.45, 2.75) is 13.5 Å². The van der Waals surface area contributed by atoms with Gasteiger partial charge in [-0.1, -0.05) is 29.8 Å². The Morgan fingerprint density at radius 1 is 1.12 bits per heavy atom. The standard InChI is InChI=1S/C19H20BrNO4/c1-13-4-6-14(7-5-13)11-21(2)18(22)12-25-19(23)16-10-15(24-3)8-9-17(16)20/h4-10H,11-12H2,1-3H3. The van der Waals surface area contributed by atoms with E-state index in [4.69, 9.17) is 9.47 Å². The largest absolute Gasteiger partial charge is 0.497 e. The van der Waals surface area contributed by atoms with Crippen LogP contribution in [0.3, 0.4) is 0 Å². The summed E-state index contributed by atoms with van der Waals surface area (Å²) in [5.74, 6) is -0.311. The van der Waals surface area contributed by atoms with Crippen LogP contribution in [0.15, 0.2) is 46.9 Å². The first-order valence-electron chi connectivity index (χ1n) is 7.71. The molecule has 0 bridgehead atoms. The Kier molecular flexibility index (Phi) is 6.58. The summed E-state index contributed by atoms with van der Waals surface area (Å²) in [7, 11) is 3.19. The molecule has 0 heterocycles. The highest BCUT2D eigenvalue weighted by Gasteiger charge is 2.16. The van der Waals surface area contributed by atoms with E-state index in [1.54, 1.807) is 25.2 Å². The Morgan fingerprint density at radius 2 is 1.80 bits per heavy atom. The van der Waals surface area contributed by atoms with Crippen molar-refractivity contribution in [1.82, 2.24) is 4.90 Å². The second kappa shape index (κ2) is 8.67. The Morgan fingerprint density at radius 3 is 2.44 bits per heavy atom. The third-order valence-electron chi connectivity index (χ3n) is 3.69. The molecule has 2 aromatic rings. The van der Waals surface area contributed by atoms with Crippen molar-refractivity contribution >= 4 is 27.8 Å². The van der Waals surface area contributed by atoms with Crippen molar-refractivity contribution < 1.29 is 19.1 Å². The molecule has 0 aliphatic heterocycles. The molecule has 0 atom stereocenters. The van der Waals surface area contributed by atoms with Crippen molar-refractivity contribution in [1.29, 1.82) is 0 Å². The average Bonchev–Trinajstić information content (AvgIpc) is 2.61. The van der Waals surface area contributed by atoms with Crippen LogP contribution in [0.4, 0.5) is 0 Å². The summed E-state index contributed by atoms with van der Waals surface area (Å²) in [6, 6.07) is 12.9. The van der Waals surface area contributed by atoms with Crippen LogP contribution in [0.5, 0.6) is 5.75 Å². The Hall–Kier alpha value is -2.34. The average molecular weight is 406 g/mol. The van der Waals surface area contributed by atoms with E-state index in [1.807, 2.05) is 31.2 Å². The highest BCUT2D eigenvalue weighted by Crippen LogP contribution is 2.23. The molecule has 0 spiro atoms. The van der Waals surface area contributed by atoms with Gasteiger partial charge in [-0.3, -0.25) is 4.79 Å². The van der Waals surface area contributed by atoms with Gasteiger partial charge in [0, 0.05) is 18.1 Å². The zero-order valence-corrected chi connectivity index (χ0v) is 16.0. The summed E-state index contributed by atoms with van der Waals surface area (Å²) in [5.41, 5.74) is 2.49. The molecule has 6 heteroatoms. The smallest absolute Gasteiger partial charge is 0.339 e. The molecule has 2 rings (SSSR count). The van der Waals surface area contributed by atoms with Gasteiger partial charge in [-0.05, 0) is 46.6 Å². The van der Waals surface area contributed by atoms with Gasteiger partial charge in [0.25, 0.3) is 5.91 Å². The number of hydrogen-bond donors (Lipinski definition) is 0. The molecule has 0 unspecified atom stereocenters. The maximum Gasteiger partial charge on any atom is 0.339 e. The molecule has 2 aromatic carbocycles. The number of esters is 1. The molecule has 0 saturated heterocycles. The predicted molar refractivity (Wildman–Crippen MR) is 98.6 cm³/mol. The quantitative estimate of drug-likeness (QED) is 0.689. The Bertz CT molecular complexity index is 759. The molecule has 132 valence electrons. The number of benzene rings is 2. The number of nitrogens with zero attached hydrogens (tertiary/aromatic N) is 1. The normalized spacial score (nSPS) is 10.2. The highest BCUT2D eigenvalue weighted by atomic mass is 79.9. The van der Waals surface area contributed by atoms with Gasteiger partial charge >= 0.3 is 5.97 Å². The minimum absolute atomic E-state index is 0.270. The second-order valence-corrected chi connectivity index (χ2v) is 6.51. The van der Waals surface area contributed by atoms with E-state index in [-0.39, 0.29) is 12.5 Å². The lowest BCUT2D eigenvalue weighted by molar-refractivity contribution is -0.133. The van der Waals surface area contributed by atoms with E-state index in [1.165, 1.54) is 12.0 Å². The van der Waals surface area contributed by atoms with E-state index >= 15 is 0 Å². The van der Waals surface area contributed by atoms with Crippen LogP contribution in [-0.2, 0) is 16.1 Å². The lowest BCUT2D eigenvalue weighted by Gasteiger charge is -2.17. The molecule has 0 fully saturated rings. The molecule has 0 N–H and O–H groups in total. The molecular weight excluding hydrogens is 386 g/mol. The number of rotatable bonds is 6. The predicted octanol–water partition coefficient (Wildman–Crippen LogP) is 3.58. The molecule has 0 aliphatic rings.